The van der Waals surface area contributed by atoms with Gasteiger partial charge in [-0.1, -0.05) is 11.3 Å². The summed E-state index contributed by atoms with van der Waals surface area (Å²) in [7, 11) is 0. The summed E-state index contributed by atoms with van der Waals surface area (Å²) in [6, 6.07) is 0. The molecule has 1 rings (SSSR count). The molecule has 0 radical (unpaired) electrons. The molecule has 0 aliphatic carbocycles. The molecule has 0 spiro atoms. The molecule has 0 atom stereocenters. The van der Waals surface area contributed by atoms with Gasteiger partial charge in [-0.25, -0.2) is 0 Å². The minimum absolute atomic E-state index is 0.223. The highest BCUT2D eigenvalue weighted by Crippen LogP contribution is 2.14. The zero-order valence-corrected chi connectivity index (χ0v) is 11.5. The Balaban J connectivity index is 2.09. The lowest BCUT2D eigenvalue weighted by atomic mass is 10.3. The molecule has 0 aromatic carbocycles. The molecule has 0 unspecified atom stereocenters. The van der Waals surface area contributed by atoms with Gasteiger partial charge in [0.2, 0.25) is 9.47 Å². The molecule has 0 bridgehead atoms. The Morgan fingerprint density at radius 2 is 2.24 bits per heavy atom. The first-order valence-electron chi connectivity index (χ1n) is 5.48. The third-order valence-corrected chi connectivity index (χ3v) is 2.92. The van der Waals surface area contributed by atoms with E-state index >= 15 is 0 Å². The lowest BCUT2D eigenvalue weighted by Gasteiger charge is -2.07. The van der Waals surface area contributed by atoms with Crippen LogP contribution in [0.4, 0.5) is 0 Å². The maximum absolute atomic E-state index is 11.5. The van der Waals surface area contributed by atoms with Crippen molar-refractivity contribution in [3.63, 3.8) is 0 Å². The van der Waals surface area contributed by atoms with E-state index in [-0.39, 0.29) is 16.5 Å². The third kappa shape index (κ3) is 5.95. The highest BCUT2D eigenvalue weighted by molar-refractivity contribution is 7.17. The van der Waals surface area contributed by atoms with Crippen LogP contribution in [0.1, 0.15) is 36.5 Å². The van der Waals surface area contributed by atoms with Gasteiger partial charge >= 0.3 is 0 Å². The van der Waals surface area contributed by atoms with E-state index in [1.165, 1.54) is 0 Å². The fourth-order valence-corrected chi connectivity index (χ4v) is 1.87. The van der Waals surface area contributed by atoms with Crippen LogP contribution in [0.15, 0.2) is 0 Å². The van der Waals surface area contributed by atoms with E-state index in [1.807, 2.05) is 13.8 Å². The molecule has 17 heavy (non-hydrogen) atoms. The molecule has 0 aliphatic heterocycles. The van der Waals surface area contributed by atoms with Crippen LogP contribution in [0, 0.1) is 0 Å². The minimum Gasteiger partial charge on any atom is -0.379 e. The average Bonchev–Trinajstić information content (AvgIpc) is 2.69. The Morgan fingerprint density at radius 1 is 1.47 bits per heavy atom. The number of rotatable bonds is 7. The van der Waals surface area contributed by atoms with Crippen molar-refractivity contribution in [2.75, 3.05) is 13.2 Å². The summed E-state index contributed by atoms with van der Waals surface area (Å²) in [6.07, 6.45) is 2.06. The van der Waals surface area contributed by atoms with Crippen LogP contribution < -0.4 is 5.32 Å². The monoisotopic (exact) mass is 277 g/mol. The van der Waals surface area contributed by atoms with E-state index in [0.29, 0.717) is 11.6 Å². The Kier molecular flexibility index (Phi) is 6.39. The summed E-state index contributed by atoms with van der Waals surface area (Å²) < 4.78 is 5.66. The van der Waals surface area contributed by atoms with Gasteiger partial charge in [0.1, 0.15) is 0 Å². The fourth-order valence-electron chi connectivity index (χ4n) is 1.12. The molecule has 1 N–H and O–H groups in total. The normalized spacial score (nSPS) is 10.8. The first-order chi connectivity index (χ1) is 8.09. The second-order valence-electron chi connectivity index (χ2n) is 3.74. The van der Waals surface area contributed by atoms with Crippen molar-refractivity contribution in [1.29, 1.82) is 0 Å². The van der Waals surface area contributed by atoms with E-state index in [4.69, 9.17) is 16.3 Å². The third-order valence-electron chi connectivity index (χ3n) is 1.90. The number of carbonyl (C=O) groups is 1. The second kappa shape index (κ2) is 7.58. The van der Waals surface area contributed by atoms with Crippen molar-refractivity contribution in [1.82, 2.24) is 15.5 Å². The van der Waals surface area contributed by atoms with Crippen molar-refractivity contribution in [2.45, 2.75) is 32.8 Å². The second-order valence-corrected chi connectivity index (χ2v) is 5.30. The van der Waals surface area contributed by atoms with E-state index in [1.54, 1.807) is 0 Å². The molecule has 1 aromatic heterocycles. The predicted molar refractivity (Wildman–Crippen MR) is 67.6 cm³/mol. The van der Waals surface area contributed by atoms with E-state index < -0.39 is 0 Å². The number of ether oxygens (including phenoxy) is 1. The van der Waals surface area contributed by atoms with Crippen molar-refractivity contribution in [2.24, 2.45) is 0 Å². The Hall–Kier alpha value is -0.720. The lowest BCUT2D eigenvalue weighted by molar-refractivity contribution is 0.0754. The first kappa shape index (κ1) is 14.3. The predicted octanol–water partition coefficient (Wildman–Crippen LogP) is 2.13. The van der Waals surface area contributed by atoms with Crippen LogP contribution in [-0.2, 0) is 4.74 Å². The number of halogens is 1. The quantitative estimate of drug-likeness (QED) is 0.776. The van der Waals surface area contributed by atoms with Crippen LogP contribution in [0.2, 0.25) is 4.47 Å². The van der Waals surface area contributed by atoms with E-state index in [0.717, 1.165) is 30.8 Å². The molecule has 96 valence electrons. The first-order valence-corrected chi connectivity index (χ1v) is 6.68. The number of nitrogens with zero attached hydrogens (tertiary/aromatic N) is 2. The number of unbranched alkanes of at least 4 members (excludes halogenated alkanes) is 1. The number of aromatic nitrogens is 2. The zero-order valence-electron chi connectivity index (χ0n) is 9.90. The summed E-state index contributed by atoms with van der Waals surface area (Å²) >= 11 is 6.66. The van der Waals surface area contributed by atoms with Crippen molar-refractivity contribution < 1.29 is 9.53 Å². The summed E-state index contributed by atoms with van der Waals surface area (Å²) in [4.78, 5) is 11.5. The fraction of sp³-hybridized carbons (Fsp3) is 0.700. The molecule has 0 saturated heterocycles. The lowest BCUT2D eigenvalue weighted by Crippen LogP contribution is -2.24. The topological polar surface area (TPSA) is 64.1 Å². The van der Waals surface area contributed by atoms with E-state index in [2.05, 4.69) is 15.5 Å². The van der Waals surface area contributed by atoms with Crippen molar-refractivity contribution in [3.8, 4) is 0 Å². The van der Waals surface area contributed by atoms with Crippen LogP contribution in [0.3, 0.4) is 0 Å². The maximum atomic E-state index is 11.5. The number of amides is 1. The molecular formula is C10H16ClN3O2S. The smallest absolute Gasteiger partial charge is 0.282 e. The summed E-state index contributed by atoms with van der Waals surface area (Å²) in [5, 5.41) is 10.3. The summed E-state index contributed by atoms with van der Waals surface area (Å²) in [6.45, 7) is 5.33. The molecule has 0 fully saturated rings. The zero-order chi connectivity index (χ0) is 12.7. The van der Waals surface area contributed by atoms with Gasteiger partial charge < -0.3 is 10.1 Å². The van der Waals surface area contributed by atoms with Gasteiger partial charge in [-0.15, -0.1) is 10.2 Å². The number of carbonyl (C=O) groups excluding carboxylic acids is 1. The standard InChI is InChI=1S/C10H16ClN3O2S/c1-7(2)16-6-4-3-5-12-8(15)9-13-14-10(11)17-9/h7H,3-6H2,1-2H3,(H,12,15). The molecule has 0 saturated carbocycles. The van der Waals surface area contributed by atoms with Gasteiger partial charge in [0.05, 0.1) is 6.10 Å². The Bertz CT molecular complexity index is 357. The molecule has 5 nitrogen and oxygen atoms in total. The number of hydrogen-bond donors (Lipinski definition) is 1. The molecule has 0 aliphatic rings. The van der Waals surface area contributed by atoms with Crippen molar-refractivity contribution >= 4 is 28.8 Å². The van der Waals surface area contributed by atoms with Gasteiger partial charge in [-0.05, 0) is 38.3 Å². The molecule has 7 heteroatoms. The summed E-state index contributed by atoms with van der Waals surface area (Å²) in [5.41, 5.74) is 0. The number of nitrogens with one attached hydrogen (secondary N) is 1. The van der Waals surface area contributed by atoms with Crippen LogP contribution >= 0.6 is 22.9 Å². The molecule has 1 heterocycles. The average molecular weight is 278 g/mol. The van der Waals surface area contributed by atoms with Crippen LogP contribution in [-0.4, -0.2) is 35.4 Å². The van der Waals surface area contributed by atoms with Gasteiger partial charge in [0, 0.05) is 13.2 Å². The van der Waals surface area contributed by atoms with Gasteiger partial charge in [-0.2, -0.15) is 0 Å². The number of hydrogen-bond acceptors (Lipinski definition) is 5. The highest BCUT2D eigenvalue weighted by atomic mass is 35.5. The van der Waals surface area contributed by atoms with Gasteiger partial charge in [0.15, 0.2) is 0 Å². The van der Waals surface area contributed by atoms with Gasteiger partial charge in [-0.3, -0.25) is 4.79 Å². The van der Waals surface area contributed by atoms with E-state index in [9.17, 15) is 4.79 Å². The largest absolute Gasteiger partial charge is 0.379 e. The Morgan fingerprint density at radius 3 is 2.82 bits per heavy atom. The summed E-state index contributed by atoms with van der Waals surface area (Å²) in [5.74, 6) is -0.223. The molecule has 1 aromatic rings. The molecular weight excluding hydrogens is 262 g/mol. The molecule has 1 amide bonds. The SMILES string of the molecule is CC(C)OCCCCNC(=O)c1nnc(Cl)s1. The minimum atomic E-state index is -0.223. The van der Waals surface area contributed by atoms with Crippen LogP contribution in [0.25, 0.3) is 0 Å². The van der Waals surface area contributed by atoms with Crippen LogP contribution in [0.5, 0.6) is 0 Å². The highest BCUT2D eigenvalue weighted by Gasteiger charge is 2.10. The maximum Gasteiger partial charge on any atom is 0.282 e. The van der Waals surface area contributed by atoms with Gasteiger partial charge in [0.25, 0.3) is 5.91 Å². The Labute approximate surface area is 110 Å². The van der Waals surface area contributed by atoms with Crippen molar-refractivity contribution in [3.05, 3.63) is 9.47 Å².